The van der Waals surface area contributed by atoms with Gasteiger partial charge >= 0.3 is 0 Å². The summed E-state index contributed by atoms with van der Waals surface area (Å²) in [5, 5.41) is 0. The fraction of sp³-hybridized carbons (Fsp3) is 0.533. The van der Waals surface area contributed by atoms with Crippen molar-refractivity contribution in [1.29, 1.82) is 0 Å². The third kappa shape index (κ3) is 2.89. The number of likely N-dealkylation sites (tertiary alicyclic amines) is 1. The first-order chi connectivity index (χ1) is 9.33. The van der Waals surface area contributed by atoms with Gasteiger partial charge in [0, 0.05) is 44.8 Å². The molecule has 0 aromatic heterocycles. The highest BCUT2D eigenvalue weighted by Crippen LogP contribution is 2.16. The number of amides is 1. The van der Waals surface area contributed by atoms with Crippen molar-refractivity contribution in [2.45, 2.75) is 12.8 Å². The second-order valence-corrected chi connectivity index (χ2v) is 5.34. The zero-order valence-corrected chi connectivity index (χ0v) is 11.3. The molecule has 1 amide bonds. The summed E-state index contributed by atoms with van der Waals surface area (Å²) < 4.78 is 0. The van der Waals surface area contributed by atoms with Gasteiger partial charge in [-0.05, 0) is 18.6 Å². The molecule has 2 saturated heterocycles. The van der Waals surface area contributed by atoms with Crippen molar-refractivity contribution in [2.24, 2.45) is 0 Å². The average Bonchev–Trinajstić information content (AvgIpc) is 2.86. The minimum absolute atomic E-state index is 0.325. The van der Waals surface area contributed by atoms with Gasteiger partial charge in [-0.3, -0.25) is 9.69 Å². The van der Waals surface area contributed by atoms with Crippen LogP contribution in [0.15, 0.2) is 30.3 Å². The summed E-state index contributed by atoms with van der Waals surface area (Å²) in [4.78, 5) is 18.4. The van der Waals surface area contributed by atoms with Gasteiger partial charge in [-0.25, -0.2) is 0 Å². The fourth-order valence-corrected chi connectivity index (χ4v) is 2.88. The van der Waals surface area contributed by atoms with Crippen LogP contribution in [0.5, 0.6) is 0 Å². The third-order valence-electron chi connectivity index (χ3n) is 4.04. The number of carbonyl (C=O) groups excluding carboxylic acids is 1. The molecule has 0 spiro atoms. The first-order valence-corrected chi connectivity index (χ1v) is 7.13. The monoisotopic (exact) mass is 259 g/mol. The van der Waals surface area contributed by atoms with Crippen LogP contribution in [0.2, 0.25) is 0 Å². The van der Waals surface area contributed by atoms with Gasteiger partial charge in [0.15, 0.2) is 0 Å². The molecule has 0 N–H and O–H groups in total. The van der Waals surface area contributed by atoms with E-state index in [-0.39, 0.29) is 0 Å². The van der Waals surface area contributed by atoms with Crippen LogP contribution in [0.4, 0.5) is 5.69 Å². The predicted octanol–water partition coefficient (Wildman–Crippen LogP) is 1.39. The number of carbonyl (C=O) groups is 1. The Morgan fingerprint density at radius 2 is 1.68 bits per heavy atom. The van der Waals surface area contributed by atoms with E-state index >= 15 is 0 Å². The van der Waals surface area contributed by atoms with Gasteiger partial charge in [0.2, 0.25) is 5.91 Å². The summed E-state index contributed by atoms with van der Waals surface area (Å²) in [6.45, 7) is 5.94. The Morgan fingerprint density at radius 3 is 2.32 bits per heavy atom. The molecule has 2 heterocycles. The van der Waals surface area contributed by atoms with E-state index in [1.807, 2.05) is 4.90 Å². The molecule has 2 aliphatic heterocycles. The molecule has 0 unspecified atom stereocenters. The molecule has 0 radical (unpaired) electrons. The summed E-state index contributed by atoms with van der Waals surface area (Å²) in [6, 6.07) is 10.6. The highest BCUT2D eigenvalue weighted by molar-refractivity contribution is 5.77. The number of rotatable bonds is 3. The van der Waals surface area contributed by atoms with Gasteiger partial charge in [0.05, 0.1) is 6.67 Å². The van der Waals surface area contributed by atoms with Gasteiger partial charge in [-0.1, -0.05) is 18.2 Å². The lowest BCUT2D eigenvalue weighted by molar-refractivity contribution is -0.129. The van der Waals surface area contributed by atoms with Crippen molar-refractivity contribution in [3.63, 3.8) is 0 Å². The summed E-state index contributed by atoms with van der Waals surface area (Å²) in [6.07, 6.45) is 1.77. The Balaban J connectivity index is 1.51. The second-order valence-electron chi connectivity index (χ2n) is 5.34. The van der Waals surface area contributed by atoms with Gasteiger partial charge < -0.3 is 9.80 Å². The molecular weight excluding hydrogens is 238 g/mol. The van der Waals surface area contributed by atoms with Crippen LogP contribution in [-0.2, 0) is 4.79 Å². The van der Waals surface area contributed by atoms with E-state index in [9.17, 15) is 4.79 Å². The number of benzene rings is 1. The number of anilines is 1. The Hall–Kier alpha value is -1.55. The second kappa shape index (κ2) is 5.61. The maximum Gasteiger partial charge on any atom is 0.223 e. The lowest BCUT2D eigenvalue weighted by Gasteiger charge is -2.37. The van der Waals surface area contributed by atoms with E-state index in [4.69, 9.17) is 0 Å². The minimum Gasteiger partial charge on any atom is -0.369 e. The molecule has 1 aromatic carbocycles. The first kappa shape index (κ1) is 12.5. The number of hydrogen-bond donors (Lipinski definition) is 0. The van der Waals surface area contributed by atoms with Crippen molar-refractivity contribution in [3.05, 3.63) is 30.3 Å². The van der Waals surface area contributed by atoms with Crippen LogP contribution in [0.25, 0.3) is 0 Å². The molecule has 102 valence electrons. The van der Waals surface area contributed by atoms with E-state index in [1.165, 1.54) is 5.69 Å². The van der Waals surface area contributed by atoms with Crippen LogP contribution in [0.3, 0.4) is 0 Å². The Kier molecular flexibility index (Phi) is 3.69. The summed E-state index contributed by atoms with van der Waals surface area (Å²) in [5.41, 5.74) is 1.30. The fourth-order valence-electron chi connectivity index (χ4n) is 2.88. The molecular formula is C15H21N3O. The van der Waals surface area contributed by atoms with Crippen molar-refractivity contribution in [3.8, 4) is 0 Å². The molecule has 0 bridgehead atoms. The summed E-state index contributed by atoms with van der Waals surface area (Å²) in [7, 11) is 0. The summed E-state index contributed by atoms with van der Waals surface area (Å²) >= 11 is 0. The molecule has 4 nitrogen and oxygen atoms in total. The number of para-hydroxylation sites is 1. The van der Waals surface area contributed by atoms with Crippen LogP contribution < -0.4 is 4.90 Å². The number of piperazine rings is 1. The highest BCUT2D eigenvalue weighted by Gasteiger charge is 2.24. The Labute approximate surface area is 114 Å². The van der Waals surface area contributed by atoms with Crippen molar-refractivity contribution in [2.75, 3.05) is 44.3 Å². The molecule has 0 saturated carbocycles. The van der Waals surface area contributed by atoms with E-state index in [2.05, 4.69) is 40.1 Å². The molecule has 0 atom stereocenters. The van der Waals surface area contributed by atoms with E-state index < -0.39 is 0 Å². The average molecular weight is 259 g/mol. The maximum absolute atomic E-state index is 11.6. The smallest absolute Gasteiger partial charge is 0.223 e. The topological polar surface area (TPSA) is 26.8 Å². The molecule has 19 heavy (non-hydrogen) atoms. The van der Waals surface area contributed by atoms with Crippen LogP contribution in [0, 0.1) is 0 Å². The third-order valence-corrected chi connectivity index (χ3v) is 4.04. The quantitative estimate of drug-likeness (QED) is 0.820. The van der Waals surface area contributed by atoms with Gasteiger partial charge in [0.25, 0.3) is 0 Å². The van der Waals surface area contributed by atoms with Crippen LogP contribution in [-0.4, -0.2) is 55.1 Å². The summed E-state index contributed by atoms with van der Waals surface area (Å²) in [5.74, 6) is 0.325. The minimum atomic E-state index is 0.325. The van der Waals surface area contributed by atoms with Gasteiger partial charge in [0.1, 0.15) is 0 Å². The normalized spacial score (nSPS) is 21.2. The van der Waals surface area contributed by atoms with Gasteiger partial charge in [-0.15, -0.1) is 0 Å². The highest BCUT2D eigenvalue weighted by atomic mass is 16.2. The molecule has 3 rings (SSSR count). The Bertz CT molecular complexity index is 426. The largest absolute Gasteiger partial charge is 0.369 e. The van der Waals surface area contributed by atoms with Crippen molar-refractivity contribution >= 4 is 11.6 Å². The van der Waals surface area contributed by atoms with Crippen molar-refractivity contribution < 1.29 is 4.79 Å². The molecule has 2 aliphatic rings. The van der Waals surface area contributed by atoms with Crippen molar-refractivity contribution in [1.82, 2.24) is 9.80 Å². The number of hydrogen-bond acceptors (Lipinski definition) is 3. The van der Waals surface area contributed by atoms with E-state index in [0.717, 1.165) is 52.2 Å². The standard InChI is InChI=1S/C15H21N3O/c19-15-7-4-8-18(15)13-16-9-11-17(12-10-16)14-5-2-1-3-6-14/h1-3,5-6H,4,7-13H2. The van der Waals surface area contributed by atoms with Gasteiger partial charge in [-0.2, -0.15) is 0 Å². The lowest BCUT2D eigenvalue weighted by atomic mass is 10.2. The zero-order valence-electron chi connectivity index (χ0n) is 11.3. The predicted molar refractivity (Wildman–Crippen MR) is 76.0 cm³/mol. The molecule has 2 fully saturated rings. The SMILES string of the molecule is O=C1CCCN1CN1CCN(c2ccccc2)CC1. The van der Waals surface area contributed by atoms with E-state index in [1.54, 1.807) is 0 Å². The first-order valence-electron chi connectivity index (χ1n) is 7.13. The molecule has 1 aromatic rings. The maximum atomic E-state index is 11.6. The molecule has 4 heteroatoms. The van der Waals surface area contributed by atoms with Crippen LogP contribution >= 0.6 is 0 Å². The lowest BCUT2D eigenvalue weighted by Crippen LogP contribution is -2.50. The zero-order chi connectivity index (χ0) is 13.1. The van der Waals surface area contributed by atoms with Crippen LogP contribution in [0.1, 0.15) is 12.8 Å². The molecule has 0 aliphatic carbocycles. The number of nitrogens with zero attached hydrogens (tertiary/aromatic N) is 3. The van der Waals surface area contributed by atoms with E-state index in [0.29, 0.717) is 5.91 Å². The Morgan fingerprint density at radius 1 is 0.947 bits per heavy atom.